The van der Waals surface area contributed by atoms with E-state index in [1.807, 2.05) is 0 Å². The maximum Gasteiger partial charge on any atom is 0.468 e. The number of hydrogen-bond acceptors (Lipinski definition) is 4. The van der Waals surface area contributed by atoms with Gasteiger partial charge in [-0.1, -0.05) is 0 Å². The van der Waals surface area contributed by atoms with Crippen molar-refractivity contribution in [2.24, 2.45) is 0 Å². The molecule has 1 aliphatic rings. The zero-order valence-corrected chi connectivity index (χ0v) is 10.8. The van der Waals surface area contributed by atoms with E-state index in [0.717, 1.165) is 19.4 Å². The molecule has 0 spiro atoms. The average molecular weight is 299 g/mol. The molecule has 112 valence electrons. The van der Waals surface area contributed by atoms with E-state index in [-0.39, 0.29) is 23.0 Å². The fraction of sp³-hybridized carbons (Fsp3) is 0.385. The van der Waals surface area contributed by atoms with Crippen molar-refractivity contribution < 1.29 is 22.4 Å². The summed E-state index contributed by atoms with van der Waals surface area (Å²) in [6, 6.07) is 3.94. The molecular formula is C13H12F3N3O2. The third kappa shape index (κ3) is 2.85. The number of carbonyl (C=O) groups is 1. The molecule has 21 heavy (non-hydrogen) atoms. The van der Waals surface area contributed by atoms with Crippen LogP contribution in [0.4, 0.5) is 18.9 Å². The standard InChI is InChI=1S/C13H12F3N3O2/c14-13(15,16)12-19-9-6-7(3-4-10(9)21-12)18-11(20)8-2-1-5-17-8/h3-4,6,8,17H,1-2,5H2,(H,18,20). The van der Waals surface area contributed by atoms with Gasteiger partial charge in [0.1, 0.15) is 5.52 Å². The number of alkyl halides is 3. The lowest BCUT2D eigenvalue weighted by molar-refractivity contribution is -0.156. The number of hydrogen-bond donors (Lipinski definition) is 2. The van der Waals surface area contributed by atoms with Gasteiger partial charge in [-0.25, -0.2) is 4.98 Å². The molecule has 1 saturated heterocycles. The molecule has 5 nitrogen and oxygen atoms in total. The Bertz CT molecular complexity index is 675. The molecule has 0 aliphatic carbocycles. The number of anilines is 1. The smallest absolute Gasteiger partial charge is 0.433 e. The van der Waals surface area contributed by atoms with Crippen molar-refractivity contribution in [1.82, 2.24) is 10.3 Å². The van der Waals surface area contributed by atoms with Crippen LogP contribution in [0.15, 0.2) is 22.6 Å². The molecule has 2 aromatic rings. The zero-order chi connectivity index (χ0) is 15.0. The average Bonchev–Trinajstić information content (AvgIpc) is 3.06. The first-order chi connectivity index (χ1) is 9.93. The SMILES string of the molecule is O=C(Nc1ccc2oc(C(F)(F)F)nc2c1)C1CCCN1. The van der Waals surface area contributed by atoms with Crippen LogP contribution in [0.3, 0.4) is 0 Å². The number of nitrogens with one attached hydrogen (secondary N) is 2. The van der Waals surface area contributed by atoms with Gasteiger partial charge in [-0.15, -0.1) is 0 Å². The summed E-state index contributed by atoms with van der Waals surface area (Å²) in [5, 5.41) is 5.70. The summed E-state index contributed by atoms with van der Waals surface area (Å²) >= 11 is 0. The fourth-order valence-electron chi connectivity index (χ4n) is 2.26. The normalized spacial score (nSPS) is 19.1. The number of rotatable bonds is 2. The van der Waals surface area contributed by atoms with Gasteiger partial charge in [0.05, 0.1) is 6.04 Å². The van der Waals surface area contributed by atoms with Gasteiger partial charge >= 0.3 is 12.1 Å². The third-order valence-corrected chi connectivity index (χ3v) is 3.27. The Balaban J connectivity index is 1.82. The van der Waals surface area contributed by atoms with E-state index in [9.17, 15) is 18.0 Å². The van der Waals surface area contributed by atoms with Crippen molar-refractivity contribution in [2.45, 2.75) is 25.1 Å². The van der Waals surface area contributed by atoms with E-state index in [4.69, 9.17) is 0 Å². The fourth-order valence-corrected chi connectivity index (χ4v) is 2.26. The highest BCUT2D eigenvalue weighted by atomic mass is 19.4. The maximum atomic E-state index is 12.5. The third-order valence-electron chi connectivity index (χ3n) is 3.27. The van der Waals surface area contributed by atoms with Crippen molar-refractivity contribution in [3.63, 3.8) is 0 Å². The summed E-state index contributed by atoms with van der Waals surface area (Å²) in [4.78, 5) is 15.3. The highest BCUT2D eigenvalue weighted by Crippen LogP contribution is 2.31. The Hall–Kier alpha value is -2.09. The number of nitrogens with zero attached hydrogens (tertiary/aromatic N) is 1. The molecule has 1 aromatic heterocycles. The molecule has 1 aliphatic heterocycles. The lowest BCUT2D eigenvalue weighted by Crippen LogP contribution is -2.35. The van der Waals surface area contributed by atoms with Gasteiger partial charge in [0.25, 0.3) is 0 Å². The largest absolute Gasteiger partial charge is 0.468 e. The maximum absolute atomic E-state index is 12.5. The second kappa shape index (κ2) is 5.03. The number of aromatic nitrogens is 1. The van der Waals surface area contributed by atoms with E-state index in [1.165, 1.54) is 18.2 Å². The van der Waals surface area contributed by atoms with Crippen LogP contribution in [0, 0.1) is 0 Å². The molecule has 0 bridgehead atoms. The van der Waals surface area contributed by atoms with Crippen LogP contribution in [-0.2, 0) is 11.0 Å². The van der Waals surface area contributed by atoms with Gasteiger partial charge in [-0.3, -0.25) is 4.79 Å². The van der Waals surface area contributed by atoms with E-state index in [2.05, 4.69) is 20.0 Å². The van der Waals surface area contributed by atoms with Crippen molar-refractivity contribution in [3.8, 4) is 0 Å². The highest BCUT2D eigenvalue weighted by Gasteiger charge is 2.37. The molecule has 1 amide bonds. The van der Waals surface area contributed by atoms with Crippen LogP contribution in [0.1, 0.15) is 18.7 Å². The van der Waals surface area contributed by atoms with E-state index in [0.29, 0.717) is 5.69 Å². The lowest BCUT2D eigenvalue weighted by Gasteiger charge is -2.10. The topological polar surface area (TPSA) is 67.2 Å². The van der Waals surface area contributed by atoms with Crippen LogP contribution >= 0.6 is 0 Å². The van der Waals surface area contributed by atoms with Gasteiger partial charge in [0, 0.05) is 5.69 Å². The first-order valence-corrected chi connectivity index (χ1v) is 6.45. The minimum atomic E-state index is -4.63. The molecule has 1 atom stereocenters. The van der Waals surface area contributed by atoms with Gasteiger partial charge < -0.3 is 15.1 Å². The van der Waals surface area contributed by atoms with Crippen molar-refractivity contribution in [1.29, 1.82) is 0 Å². The van der Waals surface area contributed by atoms with Crippen LogP contribution in [0.5, 0.6) is 0 Å². The molecule has 2 heterocycles. The Morgan fingerprint density at radius 3 is 2.90 bits per heavy atom. The second-order valence-electron chi connectivity index (χ2n) is 4.84. The summed E-state index contributed by atoms with van der Waals surface area (Å²) in [5.41, 5.74) is 0.474. The van der Waals surface area contributed by atoms with Crippen LogP contribution in [-0.4, -0.2) is 23.5 Å². The monoisotopic (exact) mass is 299 g/mol. The first-order valence-electron chi connectivity index (χ1n) is 6.45. The number of halogens is 3. The van der Waals surface area contributed by atoms with E-state index >= 15 is 0 Å². The quantitative estimate of drug-likeness (QED) is 0.894. The van der Waals surface area contributed by atoms with Crippen molar-refractivity contribution in [3.05, 3.63) is 24.1 Å². The number of amides is 1. The summed E-state index contributed by atoms with van der Waals surface area (Å²) in [6.07, 6.45) is -2.96. The number of carbonyl (C=O) groups excluding carboxylic acids is 1. The van der Waals surface area contributed by atoms with Gasteiger partial charge in [0.2, 0.25) is 5.91 Å². The molecule has 1 fully saturated rings. The summed E-state index contributed by atoms with van der Waals surface area (Å²) in [7, 11) is 0. The lowest BCUT2D eigenvalue weighted by atomic mass is 10.2. The van der Waals surface area contributed by atoms with Crippen molar-refractivity contribution in [2.75, 3.05) is 11.9 Å². The minimum absolute atomic E-state index is 0.0271. The molecular weight excluding hydrogens is 287 g/mol. The Morgan fingerprint density at radius 1 is 1.43 bits per heavy atom. The molecule has 2 N–H and O–H groups in total. The van der Waals surface area contributed by atoms with E-state index in [1.54, 1.807) is 0 Å². The minimum Gasteiger partial charge on any atom is -0.433 e. The van der Waals surface area contributed by atoms with Crippen LogP contribution < -0.4 is 10.6 Å². The molecule has 1 aromatic carbocycles. The zero-order valence-electron chi connectivity index (χ0n) is 10.8. The number of oxazole rings is 1. The number of fused-ring (bicyclic) bond motifs is 1. The van der Waals surface area contributed by atoms with E-state index < -0.39 is 12.1 Å². The summed E-state index contributed by atoms with van der Waals surface area (Å²) in [5.74, 6) is -1.50. The predicted molar refractivity (Wildman–Crippen MR) is 68.7 cm³/mol. The van der Waals surface area contributed by atoms with Crippen molar-refractivity contribution >= 4 is 22.7 Å². The molecule has 1 unspecified atom stereocenters. The summed E-state index contributed by atoms with van der Waals surface area (Å²) < 4.78 is 42.2. The Kier molecular flexibility index (Phi) is 3.32. The van der Waals surface area contributed by atoms with Gasteiger partial charge in [-0.2, -0.15) is 13.2 Å². The molecule has 0 radical (unpaired) electrons. The molecule has 3 rings (SSSR count). The van der Waals surface area contributed by atoms with Crippen LogP contribution in [0.25, 0.3) is 11.1 Å². The van der Waals surface area contributed by atoms with Gasteiger partial charge in [-0.05, 0) is 37.6 Å². The highest BCUT2D eigenvalue weighted by molar-refractivity contribution is 5.96. The predicted octanol–water partition coefficient (Wildman–Crippen LogP) is 2.54. The number of benzene rings is 1. The molecule has 8 heteroatoms. The Morgan fingerprint density at radius 2 is 2.24 bits per heavy atom. The van der Waals surface area contributed by atoms with Gasteiger partial charge in [0.15, 0.2) is 5.58 Å². The Labute approximate surface area is 117 Å². The summed E-state index contributed by atoms with van der Waals surface area (Å²) in [6.45, 7) is 0.787. The first kappa shape index (κ1) is 13.9. The molecule has 0 saturated carbocycles. The van der Waals surface area contributed by atoms with Crippen LogP contribution in [0.2, 0.25) is 0 Å². The second-order valence-corrected chi connectivity index (χ2v) is 4.84.